The number of amides is 3. The third-order valence-electron chi connectivity index (χ3n) is 11.1. The van der Waals surface area contributed by atoms with Gasteiger partial charge in [0.2, 0.25) is 5.91 Å². The van der Waals surface area contributed by atoms with Gasteiger partial charge in [0, 0.05) is 35.0 Å². The topological polar surface area (TPSA) is 117 Å². The lowest BCUT2D eigenvalue weighted by atomic mass is 9.82. The van der Waals surface area contributed by atoms with Crippen LogP contribution in [0.1, 0.15) is 40.4 Å². The molecule has 0 unspecified atom stereocenters. The van der Waals surface area contributed by atoms with Crippen LogP contribution in [0.3, 0.4) is 0 Å². The smallest absolute Gasteiger partial charge is 0.261 e. The van der Waals surface area contributed by atoms with Gasteiger partial charge in [-0.25, -0.2) is 0 Å². The highest BCUT2D eigenvalue weighted by Gasteiger charge is 2.65. The first-order chi connectivity index (χ1) is 24.1. The molecule has 0 saturated carbocycles. The normalized spacial score (nSPS) is 24.0. The summed E-state index contributed by atoms with van der Waals surface area (Å²) in [6, 6.07) is 30.2. The molecule has 0 radical (unpaired) electrons. The Bertz CT molecular complexity index is 1930. The van der Waals surface area contributed by atoms with Gasteiger partial charge in [-0.1, -0.05) is 79.8 Å². The molecule has 1 saturated heterocycles. The van der Waals surface area contributed by atoms with Gasteiger partial charge < -0.3 is 30.1 Å². The Labute approximate surface area is 293 Å². The molecule has 3 N–H and O–H groups in total. The van der Waals surface area contributed by atoms with Crippen LogP contribution in [-0.4, -0.2) is 61.7 Å². The zero-order valence-corrected chi connectivity index (χ0v) is 29.8. The van der Waals surface area contributed by atoms with E-state index in [2.05, 4.69) is 48.9 Å². The Balaban J connectivity index is 1.26. The van der Waals surface area contributed by atoms with Crippen LogP contribution >= 0.6 is 0 Å². The second-order valence-corrected chi connectivity index (χ2v) is 18.9. The number of aliphatic hydroxyl groups excluding tert-OH is 1. The van der Waals surface area contributed by atoms with Crippen LogP contribution in [0.25, 0.3) is 0 Å². The average molecular weight is 690 g/mol. The molecule has 3 aliphatic heterocycles. The lowest BCUT2D eigenvalue weighted by molar-refractivity contribution is -0.149. The number of methoxy groups -OCH3 is 1. The fourth-order valence-electron chi connectivity index (χ4n) is 8.54. The van der Waals surface area contributed by atoms with Crippen LogP contribution in [-0.2, 0) is 32.9 Å². The molecule has 1 fully saturated rings. The largest absolute Gasteiger partial charge is 0.497 e. The number of nitrogens with one attached hydrogen (secondary N) is 2. The molecule has 258 valence electrons. The van der Waals surface area contributed by atoms with Gasteiger partial charge in [-0.15, -0.1) is 0 Å². The van der Waals surface area contributed by atoms with E-state index in [1.165, 1.54) is 0 Å². The van der Waals surface area contributed by atoms with Crippen molar-refractivity contribution in [1.29, 1.82) is 0 Å². The molecular weight excluding hydrogens is 647 g/mol. The van der Waals surface area contributed by atoms with E-state index in [1.807, 2.05) is 54.6 Å². The minimum atomic E-state index is -2.49. The number of carbonyl (C=O) groups is 3. The molecule has 4 aromatic carbocycles. The number of rotatable bonds is 8. The summed E-state index contributed by atoms with van der Waals surface area (Å²) >= 11 is 0. The van der Waals surface area contributed by atoms with Crippen molar-refractivity contribution in [3.63, 3.8) is 0 Å². The van der Waals surface area contributed by atoms with Crippen molar-refractivity contribution in [2.75, 3.05) is 24.4 Å². The summed E-state index contributed by atoms with van der Waals surface area (Å²) in [5.74, 6) is -0.201. The number of hydrogen-bond acceptors (Lipinski definition) is 6. The Morgan fingerprint density at radius 2 is 1.70 bits per heavy atom. The highest BCUT2D eigenvalue weighted by molar-refractivity contribution is 6.91. The van der Waals surface area contributed by atoms with Crippen molar-refractivity contribution < 1.29 is 29.0 Å². The minimum Gasteiger partial charge on any atom is -0.497 e. The number of ether oxygens (including phenoxy) is 2. The second kappa shape index (κ2) is 13.2. The zero-order valence-electron chi connectivity index (χ0n) is 28.8. The third-order valence-corrected chi connectivity index (χ3v) is 15.5. The van der Waals surface area contributed by atoms with Gasteiger partial charge in [0.15, 0.2) is 5.60 Å². The van der Waals surface area contributed by atoms with Crippen LogP contribution in [0.4, 0.5) is 11.4 Å². The first-order valence-corrected chi connectivity index (χ1v) is 20.3. The van der Waals surface area contributed by atoms with Crippen LogP contribution in [0, 0.1) is 5.92 Å². The molecular formula is C40H43N3O6Si. The van der Waals surface area contributed by atoms with E-state index in [0.717, 1.165) is 22.1 Å². The Kier molecular flexibility index (Phi) is 8.88. The van der Waals surface area contributed by atoms with E-state index in [-0.39, 0.29) is 48.3 Å². The lowest BCUT2D eigenvalue weighted by Crippen LogP contribution is -2.52. The fourth-order valence-corrected chi connectivity index (χ4v) is 12.5. The number of anilines is 2. The summed E-state index contributed by atoms with van der Waals surface area (Å²) in [5.41, 5.74) is 3.04. The van der Waals surface area contributed by atoms with Gasteiger partial charge in [0.25, 0.3) is 11.8 Å². The van der Waals surface area contributed by atoms with Crippen LogP contribution in [0.15, 0.2) is 97.1 Å². The number of fused-ring (bicyclic) bond motifs is 3. The maximum atomic E-state index is 14.4. The quantitative estimate of drug-likeness (QED) is 0.212. The molecule has 4 aromatic rings. The Morgan fingerprint density at radius 1 is 1.00 bits per heavy atom. The predicted octanol–water partition coefficient (Wildman–Crippen LogP) is 5.45. The first-order valence-electron chi connectivity index (χ1n) is 17.2. The van der Waals surface area contributed by atoms with Crippen molar-refractivity contribution in [3.8, 4) is 5.75 Å². The van der Waals surface area contributed by atoms with Gasteiger partial charge in [-0.2, -0.15) is 0 Å². The van der Waals surface area contributed by atoms with Crippen molar-refractivity contribution in [3.05, 3.63) is 119 Å². The van der Waals surface area contributed by atoms with Gasteiger partial charge >= 0.3 is 0 Å². The highest BCUT2D eigenvalue weighted by atomic mass is 28.3. The van der Waals surface area contributed by atoms with E-state index in [0.29, 0.717) is 35.5 Å². The molecule has 9 nitrogen and oxygen atoms in total. The SMILES string of the molecule is COc1ccc([Si](C)(C)[C@@H]2[C@@H](CC(=O)N3Cc4ccccc4C[C@H]3CO)O[C@]3(C(=O)Nc4ccc(NC(=O)c5ccccc5)cc43)[C@H]2C)cc1. The van der Waals surface area contributed by atoms with E-state index < -0.39 is 19.8 Å². The monoisotopic (exact) mass is 689 g/mol. The summed E-state index contributed by atoms with van der Waals surface area (Å²) in [6.45, 7) is 6.87. The molecule has 7 rings (SSSR count). The standard InChI is InChI=1S/C40H43N3O6Si/c1-25-37(50(3,4)32-17-15-31(48-2)16-18-32)35(22-36(45)43-23-28-13-9-8-12-27(28)20-30(43)24-44)49-40(25)33-21-29(14-19-34(33)42-39(40)47)41-38(46)26-10-6-5-7-11-26/h5-19,21,25,30,35,37,44H,20,22-24H2,1-4H3,(H,41,46)(H,42,47)/t25-,30-,35+,37-,40+/m0/s1. The van der Waals surface area contributed by atoms with Gasteiger partial charge in [-0.3, -0.25) is 14.4 Å². The molecule has 0 aliphatic carbocycles. The van der Waals surface area contributed by atoms with E-state index >= 15 is 0 Å². The van der Waals surface area contributed by atoms with Gasteiger partial charge in [0.05, 0.1) is 40.4 Å². The minimum absolute atomic E-state index is 0.0645. The average Bonchev–Trinajstić information content (AvgIpc) is 3.59. The number of carbonyl (C=O) groups excluding carboxylic acids is 3. The summed E-state index contributed by atoms with van der Waals surface area (Å²) in [5, 5.41) is 17.6. The first kappa shape index (κ1) is 33.7. The summed E-state index contributed by atoms with van der Waals surface area (Å²) in [7, 11) is -0.846. The van der Waals surface area contributed by atoms with Gasteiger partial charge in [0.1, 0.15) is 5.75 Å². The molecule has 5 atom stereocenters. The molecule has 3 amide bonds. The summed E-state index contributed by atoms with van der Waals surface area (Å²) < 4.78 is 12.5. The number of aliphatic hydroxyl groups is 1. The predicted molar refractivity (Wildman–Crippen MR) is 195 cm³/mol. The lowest BCUT2D eigenvalue weighted by Gasteiger charge is -2.39. The molecule has 10 heteroatoms. The van der Waals surface area contributed by atoms with E-state index in [9.17, 15) is 19.5 Å². The van der Waals surface area contributed by atoms with E-state index in [1.54, 1.807) is 36.3 Å². The number of benzene rings is 4. The second-order valence-electron chi connectivity index (χ2n) is 14.2. The number of nitrogens with zero attached hydrogens (tertiary/aromatic N) is 1. The summed E-state index contributed by atoms with van der Waals surface area (Å²) in [6.07, 6.45) is 0.0549. The molecule has 3 aliphatic rings. The molecule has 0 bridgehead atoms. The van der Waals surface area contributed by atoms with Crippen molar-refractivity contribution in [2.45, 2.75) is 62.7 Å². The van der Waals surface area contributed by atoms with Gasteiger partial charge in [-0.05, 0) is 65.6 Å². The molecule has 1 spiro atoms. The molecule has 50 heavy (non-hydrogen) atoms. The van der Waals surface area contributed by atoms with Crippen LogP contribution < -0.4 is 20.6 Å². The highest BCUT2D eigenvalue weighted by Crippen LogP contribution is 2.59. The van der Waals surface area contributed by atoms with Crippen molar-refractivity contribution in [2.24, 2.45) is 5.92 Å². The fraction of sp³-hybridized carbons (Fsp3) is 0.325. The van der Waals surface area contributed by atoms with Crippen molar-refractivity contribution >= 4 is 42.4 Å². The number of hydrogen-bond donors (Lipinski definition) is 3. The van der Waals surface area contributed by atoms with Crippen molar-refractivity contribution in [1.82, 2.24) is 4.90 Å². The van der Waals surface area contributed by atoms with Crippen LogP contribution in [0.5, 0.6) is 5.75 Å². The zero-order chi connectivity index (χ0) is 35.2. The summed E-state index contributed by atoms with van der Waals surface area (Å²) in [4.78, 5) is 43.5. The molecule has 3 heterocycles. The maximum Gasteiger partial charge on any atom is 0.261 e. The Morgan fingerprint density at radius 3 is 2.40 bits per heavy atom. The molecule has 0 aromatic heterocycles. The maximum absolute atomic E-state index is 14.4. The third kappa shape index (κ3) is 5.71. The Hall–Kier alpha value is -4.77. The van der Waals surface area contributed by atoms with E-state index in [4.69, 9.17) is 9.47 Å². The van der Waals surface area contributed by atoms with Crippen LogP contribution in [0.2, 0.25) is 18.6 Å².